The predicted molar refractivity (Wildman–Crippen MR) is 78.9 cm³/mol. The lowest BCUT2D eigenvalue weighted by Gasteiger charge is -2.22. The van der Waals surface area contributed by atoms with Gasteiger partial charge in [0.25, 0.3) is 0 Å². The zero-order chi connectivity index (χ0) is 13.9. The van der Waals surface area contributed by atoms with Crippen LogP contribution in [-0.2, 0) is 0 Å². The summed E-state index contributed by atoms with van der Waals surface area (Å²) < 4.78 is 2.01. The number of rotatable bonds is 4. The van der Waals surface area contributed by atoms with Gasteiger partial charge < -0.3 is 0 Å². The summed E-state index contributed by atoms with van der Waals surface area (Å²) in [5.41, 5.74) is 0. The third-order valence-electron chi connectivity index (χ3n) is 3.55. The second-order valence-corrected chi connectivity index (χ2v) is 7.64. The van der Waals surface area contributed by atoms with Gasteiger partial charge in [-0.25, -0.2) is 4.68 Å². The van der Waals surface area contributed by atoms with Crippen molar-refractivity contribution in [2.75, 3.05) is 0 Å². The van der Waals surface area contributed by atoms with E-state index in [1.807, 2.05) is 11.6 Å². The van der Waals surface area contributed by atoms with Crippen molar-refractivity contribution in [3.05, 3.63) is 10.0 Å². The zero-order valence-electron chi connectivity index (χ0n) is 11.7. The van der Waals surface area contributed by atoms with Gasteiger partial charge in [-0.2, -0.15) is 0 Å². The first-order valence-corrected chi connectivity index (χ1v) is 8.68. The molecule has 1 fully saturated rings. The van der Waals surface area contributed by atoms with Gasteiger partial charge in [0.2, 0.25) is 5.16 Å². The van der Waals surface area contributed by atoms with Crippen molar-refractivity contribution in [2.45, 2.75) is 62.4 Å². The van der Waals surface area contributed by atoms with E-state index < -0.39 is 0 Å². The summed E-state index contributed by atoms with van der Waals surface area (Å²) in [7, 11) is 0. The van der Waals surface area contributed by atoms with Crippen LogP contribution in [-0.4, -0.2) is 30.4 Å². The zero-order valence-corrected chi connectivity index (χ0v) is 13.3. The third kappa shape index (κ3) is 3.01. The monoisotopic (exact) mass is 310 g/mol. The van der Waals surface area contributed by atoms with Gasteiger partial charge in [0, 0.05) is 0 Å². The molecule has 2 heterocycles. The molecule has 2 aromatic heterocycles. The minimum absolute atomic E-state index is 0.231. The molecule has 1 saturated carbocycles. The third-order valence-corrected chi connectivity index (χ3v) is 5.78. The maximum atomic E-state index is 4.21. The van der Waals surface area contributed by atoms with Crippen molar-refractivity contribution in [3.63, 3.8) is 0 Å². The van der Waals surface area contributed by atoms with E-state index in [2.05, 4.69) is 32.6 Å². The molecule has 0 spiro atoms. The van der Waals surface area contributed by atoms with Gasteiger partial charge in [-0.15, -0.1) is 26.6 Å². The van der Waals surface area contributed by atoms with Crippen molar-refractivity contribution in [2.24, 2.45) is 0 Å². The molecule has 6 nitrogen and oxygen atoms in total. The fourth-order valence-electron chi connectivity index (χ4n) is 2.50. The van der Waals surface area contributed by atoms with Gasteiger partial charge in [-0.3, -0.25) is 0 Å². The molecular formula is C12H18N6S2. The second kappa shape index (κ2) is 6.17. The Kier molecular flexibility index (Phi) is 4.30. The largest absolute Gasteiger partial charge is 0.217 e. The summed E-state index contributed by atoms with van der Waals surface area (Å²) in [4.78, 5) is 0. The summed E-state index contributed by atoms with van der Waals surface area (Å²) in [5.74, 6) is 0. The molecule has 108 valence electrons. The SMILES string of the molecule is Cc1nnc([C@H](C)Sc2nnnn2C2CCCCC2)s1. The highest BCUT2D eigenvalue weighted by molar-refractivity contribution is 7.99. The van der Waals surface area contributed by atoms with Crippen LogP contribution in [0.4, 0.5) is 0 Å². The summed E-state index contributed by atoms with van der Waals surface area (Å²) in [6, 6.07) is 0.463. The number of aromatic nitrogens is 6. The lowest BCUT2D eigenvalue weighted by atomic mass is 9.96. The molecule has 0 amide bonds. The van der Waals surface area contributed by atoms with Crippen LogP contribution in [0.2, 0.25) is 0 Å². The molecule has 20 heavy (non-hydrogen) atoms. The Morgan fingerprint density at radius 1 is 1.20 bits per heavy atom. The van der Waals surface area contributed by atoms with E-state index >= 15 is 0 Å². The van der Waals surface area contributed by atoms with Crippen molar-refractivity contribution >= 4 is 23.1 Å². The Morgan fingerprint density at radius 2 is 2.00 bits per heavy atom. The van der Waals surface area contributed by atoms with Crippen molar-refractivity contribution in [1.29, 1.82) is 0 Å². The number of hydrogen-bond acceptors (Lipinski definition) is 7. The van der Waals surface area contributed by atoms with Gasteiger partial charge in [-0.1, -0.05) is 31.0 Å². The maximum absolute atomic E-state index is 4.21. The van der Waals surface area contributed by atoms with E-state index in [1.165, 1.54) is 32.1 Å². The fraction of sp³-hybridized carbons (Fsp3) is 0.750. The Bertz CT molecular complexity index is 560. The molecule has 0 aliphatic heterocycles. The standard InChI is InChI=1S/C12H18N6S2/c1-8(11-14-13-9(2)20-11)19-12-15-16-17-18(12)10-6-4-3-5-7-10/h8,10H,3-7H2,1-2H3/t8-/m0/s1. The lowest BCUT2D eigenvalue weighted by Crippen LogP contribution is -2.15. The van der Waals surface area contributed by atoms with Gasteiger partial charge in [0.15, 0.2) is 0 Å². The molecule has 0 radical (unpaired) electrons. The molecule has 0 bridgehead atoms. The maximum Gasteiger partial charge on any atom is 0.210 e. The first-order valence-electron chi connectivity index (χ1n) is 6.98. The van der Waals surface area contributed by atoms with E-state index in [4.69, 9.17) is 0 Å². The highest BCUT2D eigenvalue weighted by atomic mass is 32.2. The highest BCUT2D eigenvalue weighted by Gasteiger charge is 2.22. The van der Waals surface area contributed by atoms with Crippen LogP contribution in [0.3, 0.4) is 0 Å². The Balaban J connectivity index is 1.72. The molecule has 8 heteroatoms. The van der Waals surface area contributed by atoms with Crippen LogP contribution >= 0.6 is 23.1 Å². The van der Waals surface area contributed by atoms with Crippen LogP contribution in [0.1, 0.15) is 60.3 Å². The van der Waals surface area contributed by atoms with Crippen LogP contribution < -0.4 is 0 Å². The quantitative estimate of drug-likeness (QED) is 0.808. The molecule has 1 aliphatic carbocycles. The van der Waals surface area contributed by atoms with E-state index in [0.717, 1.165) is 15.2 Å². The van der Waals surface area contributed by atoms with E-state index in [-0.39, 0.29) is 5.25 Å². The summed E-state index contributed by atoms with van der Waals surface area (Å²) in [6.07, 6.45) is 6.26. The van der Waals surface area contributed by atoms with Gasteiger partial charge in [-0.05, 0) is 37.1 Å². The number of hydrogen-bond donors (Lipinski definition) is 0. The lowest BCUT2D eigenvalue weighted by molar-refractivity contribution is 0.307. The number of tetrazole rings is 1. The molecule has 0 N–H and O–H groups in total. The fourth-order valence-corrected chi connectivity index (χ4v) is 4.26. The van der Waals surface area contributed by atoms with Crippen molar-refractivity contribution in [1.82, 2.24) is 30.4 Å². The normalized spacial score (nSPS) is 18.3. The van der Waals surface area contributed by atoms with E-state index in [0.29, 0.717) is 6.04 Å². The topological polar surface area (TPSA) is 69.4 Å². The average Bonchev–Trinajstić information content (AvgIpc) is 3.09. The minimum Gasteiger partial charge on any atom is -0.217 e. The number of nitrogens with zero attached hydrogens (tertiary/aromatic N) is 6. The molecule has 0 saturated heterocycles. The molecule has 2 aromatic rings. The number of aryl methyl sites for hydroxylation is 1. The molecular weight excluding hydrogens is 292 g/mol. The molecule has 1 aliphatic rings. The molecule has 3 rings (SSSR count). The van der Waals surface area contributed by atoms with Gasteiger partial charge in [0.1, 0.15) is 10.0 Å². The van der Waals surface area contributed by atoms with Crippen LogP contribution in [0, 0.1) is 6.92 Å². The first-order chi connectivity index (χ1) is 9.74. The summed E-state index contributed by atoms with van der Waals surface area (Å²) >= 11 is 3.31. The highest BCUT2D eigenvalue weighted by Crippen LogP contribution is 2.37. The molecule has 1 atom stereocenters. The Labute approximate surface area is 126 Å². The number of thioether (sulfide) groups is 1. The van der Waals surface area contributed by atoms with Crippen LogP contribution in [0.15, 0.2) is 5.16 Å². The summed E-state index contributed by atoms with van der Waals surface area (Å²) in [6.45, 7) is 4.11. The second-order valence-electron chi connectivity index (χ2n) is 5.12. The Morgan fingerprint density at radius 3 is 2.70 bits per heavy atom. The molecule has 0 aromatic carbocycles. The molecule has 0 unspecified atom stereocenters. The van der Waals surface area contributed by atoms with Crippen molar-refractivity contribution in [3.8, 4) is 0 Å². The van der Waals surface area contributed by atoms with E-state index in [9.17, 15) is 0 Å². The van der Waals surface area contributed by atoms with Gasteiger partial charge >= 0.3 is 0 Å². The first kappa shape index (κ1) is 13.9. The Hall–Kier alpha value is -1.02. The average molecular weight is 310 g/mol. The van der Waals surface area contributed by atoms with E-state index in [1.54, 1.807) is 23.1 Å². The predicted octanol–water partition coefficient (Wildman–Crippen LogP) is 3.19. The van der Waals surface area contributed by atoms with Crippen LogP contribution in [0.5, 0.6) is 0 Å². The minimum atomic E-state index is 0.231. The summed E-state index contributed by atoms with van der Waals surface area (Å²) in [5, 5.41) is 23.7. The smallest absolute Gasteiger partial charge is 0.210 e. The van der Waals surface area contributed by atoms with Gasteiger partial charge in [0.05, 0.1) is 11.3 Å². The van der Waals surface area contributed by atoms with Crippen molar-refractivity contribution < 1.29 is 0 Å². The van der Waals surface area contributed by atoms with Crippen LogP contribution in [0.25, 0.3) is 0 Å².